The molecule has 1 saturated carbocycles. The molecule has 41 heavy (non-hydrogen) atoms. The van der Waals surface area contributed by atoms with Crippen molar-refractivity contribution in [2.24, 2.45) is 0 Å². The van der Waals surface area contributed by atoms with E-state index in [4.69, 9.17) is 5.10 Å². The zero-order valence-corrected chi connectivity index (χ0v) is 22.7. The lowest BCUT2D eigenvalue weighted by molar-refractivity contribution is 0.866. The van der Waals surface area contributed by atoms with Gasteiger partial charge in [-0.3, -0.25) is 0 Å². The molecule has 0 N–H and O–H groups in total. The molecular weight excluding hydrogens is 498 g/mol. The van der Waals surface area contributed by atoms with Crippen molar-refractivity contribution in [1.82, 2.24) is 9.61 Å². The van der Waals surface area contributed by atoms with E-state index < -0.39 is 0 Å². The number of hydrogen-bond acceptors (Lipinski definition) is 2. The highest BCUT2D eigenvalue weighted by molar-refractivity contribution is 6.07. The predicted octanol–water partition coefficient (Wildman–Crippen LogP) is 10.2. The second kappa shape index (κ2) is 9.79. The summed E-state index contributed by atoms with van der Waals surface area (Å²) in [5, 5.41) is 7.89. The van der Waals surface area contributed by atoms with E-state index in [-0.39, 0.29) is 0 Å². The van der Waals surface area contributed by atoms with Crippen LogP contribution in [0.1, 0.15) is 24.5 Å². The zero-order valence-electron chi connectivity index (χ0n) is 22.7. The summed E-state index contributed by atoms with van der Waals surface area (Å²) in [6.07, 6.45) is 2.46. The van der Waals surface area contributed by atoms with E-state index in [1.165, 1.54) is 46.0 Å². The summed E-state index contributed by atoms with van der Waals surface area (Å²) in [5.74, 6) is 0.575. The minimum absolute atomic E-state index is 0.575. The number of nitrogens with zero attached hydrogens (tertiary/aromatic N) is 3. The van der Waals surface area contributed by atoms with Crippen molar-refractivity contribution in [3.63, 3.8) is 0 Å². The van der Waals surface area contributed by atoms with Gasteiger partial charge in [-0.2, -0.15) is 5.10 Å². The van der Waals surface area contributed by atoms with Gasteiger partial charge in [0, 0.05) is 45.2 Å². The molecule has 7 aromatic rings. The van der Waals surface area contributed by atoms with Crippen LogP contribution in [0.4, 0.5) is 17.1 Å². The van der Waals surface area contributed by atoms with Crippen LogP contribution in [-0.4, -0.2) is 9.61 Å². The fraction of sp³-hybridized carbons (Fsp3) is 0.0789. The number of hydrogen-bond donors (Lipinski definition) is 0. The van der Waals surface area contributed by atoms with Gasteiger partial charge < -0.3 is 4.90 Å². The van der Waals surface area contributed by atoms with Crippen molar-refractivity contribution in [2.45, 2.75) is 18.8 Å². The molecule has 0 saturated heterocycles. The lowest BCUT2D eigenvalue weighted by atomic mass is 9.97. The first kappa shape index (κ1) is 23.7. The molecule has 8 rings (SSSR count). The molecule has 2 aromatic heterocycles. The van der Waals surface area contributed by atoms with Crippen molar-refractivity contribution in [3.05, 3.63) is 151 Å². The molecule has 0 atom stereocenters. The Morgan fingerprint density at radius 2 is 1.12 bits per heavy atom. The van der Waals surface area contributed by atoms with Crippen LogP contribution in [0.25, 0.3) is 38.7 Å². The highest BCUT2D eigenvalue weighted by atomic mass is 15.2. The number of benzene rings is 5. The van der Waals surface area contributed by atoms with Crippen LogP contribution in [0, 0.1) is 0 Å². The summed E-state index contributed by atoms with van der Waals surface area (Å²) >= 11 is 0. The second-order valence-corrected chi connectivity index (χ2v) is 10.8. The van der Waals surface area contributed by atoms with Crippen LogP contribution in [0.2, 0.25) is 0 Å². The summed E-state index contributed by atoms with van der Waals surface area (Å²) in [4.78, 5) is 2.30. The van der Waals surface area contributed by atoms with Gasteiger partial charge in [-0.25, -0.2) is 4.52 Å². The number of aromatic nitrogens is 2. The molecule has 1 fully saturated rings. The molecule has 0 aliphatic heterocycles. The lowest BCUT2D eigenvalue weighted by Gasteiger charge is -2.25. The molecule has 196 valence electrons. The number of rotatable bonds is 6. The maximum atomic E-state index is 5.36. The van der Waals surface area contributed by atoms with Crippen molar-refractivity contribution in [3.8, 4) is 22.4 Å². The Morgan fingerprint density at radius 1 is 0.561 bits per heavy atom. The monoisotopic (exact) mass is 527 g/mol. The number of para-hydroxylation sites is 2. The minimum atomic E-state index is 0.575. The Kier molecular flexibility index (Phi) is 5.67. The average molecular weight is 528 g/mol. The van der Waals surface area contributed by atoms with Gasteiger partial charge in [0.1, 0.15) is 5.69 Å². The van der Waals surface area contributed by atoms with Crippen LogP contribution in [0.5, 0.6) is 0 Å². The predicted molar refractivity (Wildman–Crippen MR) is 170 cm³/mol. The lowest BCUT2D eigenvalue weighted by Crippen LogP contribution is -2.09. The van der Waals surface area contributed by atoms with Gasteiger partial charge in [0.05, 0.1) is 5.52 Å². The van der Waals surface area contributed by atoms with Gasteiger partial charge in [0.2, 0.25) is 0 Å². The van der Waals surface area contributed by atoms with Crippen molar-refractivity contribution in [1.29, 1.82) is 0 Å². The molecule has 3 nitrogen and oxygen atoms in total. The first-order valence-electron chi connectivity index (χ1n) is 14.4. The number of pyridine rings is 1. The summed E-state index contributed by atoms with van der Waals surface area (Å²) in [6, 6.07) is 51.8. The highest BCUT2D eigenvalue weighted by Gasteiger charge is 2.29. The Hall–Kier alpha value is -5.15. The molecule has 0 amide bonds. The van der Waals surface area contributed by atoms with E-state index in [1.807, 2.05) is 0 Å². The second-order valence-electron chi connectivity index (χ2n) is 10.8. The van der Waals surface area contributed by atoms with E-state index in [0.29, 0.717) is 5.92 Å². The molecule has 0 spiro atoms. The molecule has 5 aromatic carbocycles. The molecule has 2 heterocycles. The standard InChI is InChI=1S/C38H29N3/c1-4-12-28(13-5-1)36-37(39-41-35(27-20-21-27)26-30-14-10-11-19-34(30)38(36)41)29-22-24-33(25-23-29)40(31-15-6-2-7-16-31)32-17-8-3-9-18-32/h1-19,22-27H,20-21H2. The fourth-order valence-corrected chi connectivity index (χ4v) is 6.03. The number of fused-ring (bicyclic) bond motifs is 3. The van der Waals surface area contributed by atoms with Crippen molar-refractivity contribution < 1.29 is 0 Å². The third-order valence-electron chi connectivity index (χ3n) is 8.14. The Labute approximate surface area is 239 Å². The normalized spacial score (nSPS) is 13.1. The zero-order chi connectivity index (χ0) is 27.2. The van der Waals surface area contributed by atoms with Gasteiger partial charge >= 0.3 is 0 Å². The summed E-state index contributed by atoms with van der Waals surface area (Å²) < 4.78 is 2.24. The van der Waals surface area contributed by atoms with E-state index >= 15 is 0 Å². The molecule has 0 unspecified atom stereocenters. The Morgan fingerprint density at radius 3 is 1.76 bits per heavy atom. The van der Waals surface area contributed by atoms with E-state index in [0.717, 1.165) is 28.3 Å². The van der Waals surface area contributed by atoms with Crippen LogP contribution >= 0.6 is 0 Å². The topological polar surface area (TPSA) is 20.5 Å². The average Bonchev–Trinajstić information content (AvgIpc) is 3.81. The van der Waals surface area contributed by atoms with Gasteiger partial charge in [-0.05, 0) is 66.3 Å². The maximum absolute atomic E-state index is 5.36. The fourth-order valence-electron chi connectivity index (χ4n) is 6.03. The molecule has 1 aliphatic rings. The SMILES string of the molecule is c1ccc(-c2c(-c3ccc(N(c4ccccc4)c4ccccc4)cc3)nn3c(C4CC4)cc4ccccc4c23)cc1. The molecule has 0 bridgehead atoms. The molecule has 3 heteroatoms. The van der Waals surface area contributed by atoms with Crippen LogP contribution in [-0.2, 0) is 0 Å². The Balaban J connectivity index is 1.34. The van der Waals surface area contributed by atoms with Crippen molar-refractivity contribution >= 4 is 33.4 Å². The van der Waals surface area contributed by atoms with E-state index in [9.17, 15) is 0 Å². The maximum Gasteiger partial charge on any atom is 0.101 e. The van der Waals surface area contributed by atoms with Gasteiger partial charge in [0.15, 0.2) is 0 Å². The first-order valence-corrected chi connectivity index (χ1v) is 14.4. The van der Waals surface area contributed by atoms with Crippen molar-refractivity contribution in [2.75, 3.05) is 4.90 Å². The smallest absolute Gasteiger partial charge is 0.101 e. The summed E-state index contributed by atoms with van der Waals surface area (Å²) in [5.41, 5.74) is 10.4. The number of anilines is 3. The third-order valence-corrected chi connectivity index (χ3v) is 8.14. The quantitative estimate of drug-likeness (QED) is 0.214. The van der Waals surface area contributed by atoms with Gasteiger partial charge in [-0.1, -0.05) is 103 Å². The van der Waals surface area contributed by atoms with Gasteiger partial charge in [0.25, 0.3) is 0 Å². The molecule has 1 aliphatic carbocycles. The minimum Gasteiger partial charge on any atom is -0.311 e. The van der Waals surface area contributed by atoms with E-state index in [1.54, 1.807) is 0 Å². The highest BCUT2D eigenvalue weighted by Crippen LogP contribution is 2.45. The van der Waals surface area contributed by atoms with Crippen LogP contribution in [0.15, 0.2) is 146 Å². The van der Waals surface area contributed by atoms with Crippen LogP contribution in [0.3, 0.4) is 0 Å². The third kappa shape index (κ3) is 4.18. The molecule has 0 radical (unpaired) electrons. The van der Waals surface area contributed by atoms with Gasteiger partial charge in [-0.15, -0.1) is 0 Å². The largest absolute Gasteiger partial charge is 0.311 e. The Bertz CT molecular complexity index is 1930. The van der Waals surface area contributed by atoms with Crippen LogP contribution < -0.4 is 4.90 Å². The first-order chi connectivity index (χ1) is 20.3. The summed E-state index contributed by atoms with van der Waals surface area (Å²) in [6.45, 7) is 0. The van der Waals surface area contributed by atoms with E-state index in [2.05, 4.69) is 155 Å². The molecular formula is C38H29N3. The summed E-state index contributed by atoms with van der Waals surface area (Å²) in [7, 11) is 0.